The zero-order valence-corrected chi connectivity index (χ0v) is 28.5. The highest BCUT2D eigenvalue weighted by molar-refractivity contribution is 7.20. The van der Waals surface area contributed by atoms with E-state index in [-0.39, 0.29) is 77.1 Å². The number of nitro groups is 1. The molecule has 0 aliphatic rings. The monoisotopic (exact) mass is 731 g/mol. The number of nitrogens with one attached hydrogen (secondary N) is 5. The first kappa shape index (κ1) is 37.7. The molecule has 0 saturated carbocycles. The van der Waals surface area contributed by atoms with Gasteiger partial charge >= 0.3 is 0 Å². The number of thiazole rings is 1. The van der Waals surface area contributed by atoms with Gasteiger partial charge in [0.15, 0.2) is 10.5 Å². The maximum Gasteiger partial charge on any atom is 0.296 e. The van der Waals surface area contributed by atoms with Crippen molar-refractivity contribution in [1.82, 2.24) is 24.0 Å². The van der Waals surface area contributed by atoms with E-state index in [0.717, 1.165) is 11.3 Å². The number of nitrogens with two attached hydrogens (primary N) is 1. The molecule has 0 bridgehead atoms. The summed E-state index contributed by atoms with van der Waals surface area (Å²) in [5, 5.41) is 29.4. The number of fused-ring (bicyclic) bond motifs is 1. The van der Waals surface area contributed by atoms with E-state index in [1.54, 1.807) is 44.2 Å². The maximum atomic E-state index is 13.1. The van der Waals surface area contributed by atoms with Crippen LogP contribution < -0.4 is 27.0 Å². The molecule has 0 saturated heterocycles. The van der Waals surface area contributed by atoms with Crippen molar-refractivity contribution in [2.24, 2.45) is 26.9 Å². The first-order chi connectivity index (χ1) is 22.3. The number of nitro benzene ring substituents is 1. The number of non-ortho nitro benzene ring substituents is 1. The van der Waals surface area contributed by atoms with Gasteiger partial charge in [-0.15, -0.1) is 36.2 Å². The Labute approximate surface area is 294 Å². The molecule has 49 heavy (non-hydrogen) atoms. The molecule has 1 aromatic carbocycles. The molecule has 17 nitrogen and oxygen atoms in total. The molecule has 258 valence electrons. The molecule has 4 heterocycles. The number of carbonyl (C=O) groups is 4. The van der Waals surface area contributed by atoms with E-state index >= 15 is 0 Å². The van der Waals surface area contributed by atoms with Gasteiger partial charge in [-0.25, -0.2) is 4.98 Å². The van der Waals surface area contributed by atoms with Crippen LogP contribution in [-0.4, -0.2) is 59.6 Å². The third kappa shape index (κ3) is 8.42. The predicted molar refractivity (Wildman–Crippen MR) is 190 cm³/mol. The third-order valence-electron chi connectivity index (χ3n) is 6.95. The van der Waals surface area contributed by atoms with Crippen molar-refractivity contribution in [1.29, 1.82) is 5.41 Å². The molecule has 5 aromatic rings. The van der Waals surface area contributed by atoms with Crippen LogP contribution in [0.3, 0.4) is 0 Å². The molecular formula is C29H31Cl2N11O6S. The zero-order chi connectivity index (χ0) is 34.0. The Morgan fingerprint density at radius 1 is 0.837 bits per heavy atom. The molecule has 7 N–H and O–H groups in total. The Morgan fingerprint density at radius 2 is 1.31 bits per heavy atom. The minimum absolute atomic E-state index is 0. The van der Waals surface area contributed by atoms with E-state index < -0.39 is 22.6 Å². The van der Waals surface area contributed by atoms with E-state index in [1.165, 1.54) is 45.7 Å². The molecule has 4 aromatic heterocycles. The smallest absolute Gasteiger partial charge is 0.296 e. The molecule has 5 rings (SSSR count). The van der Waals surface area contributed by atoms with Gasteiger partial charge in [-0.3, -0.25) is 34.7 Å². The summed E-state index contributed by atoms with van der Waals surface area (Å²) < 4.78 is 5.08. The molecule has 20 heteroatoms. The Morgan fingerprint density at radius 3 is 1.78 bits per heavy atom. The average molecular weight is 733 g/mol. The summed E-state index contributed by atoms with van der Waals surface area (Å²) in [6.07, 6.45) is 4.89. The molecular weight excluding hydrogens is 701 g/mol. The number of hydrogen-bond donors (Lipinski definition) is 6. The van der Waals surface area contributed by atoms with Gasteiger partial charge in [0, 0.05) is 58.8 Å². The van der Waals surface area contributed by atoms with E-state index in [9.17, 15) is 29.3 Å². The molecule has 0 aliphatic heterocycles. The van der Waals surface area contributed by atoms with Gasteiger partial charge in [0.25, 0.3) is 29.3 Å². The predicted octanol–water partition coefficient (Wildman–Crippen LogP) is 3.88. The van der Waals surface area contributed by atoms with Crippen molar-refractivity contribution in [2.45, 2.75) is 6.42 Å². The first-order valence-electron chi connectivity index (χ1n) is 13.9. The third-order valence-corrected chi connectivity index (χ3v) is 7.97. The quantitative estimate of drug-likeness (QED) is 0.0503. The van der Waals surface area contributed by atoms with Gasteiger partial charge in [-0.2, -0.15) is 0 Å². The van der Waals surface area contributed by atoms with Crippen molar-refractivity contribution in [3.8, 4) is 0 Å². The second-order valence-electron chi connectivity index (χ2n) is 10.5. The van der Waals surface area contributed by atoms with Crippen LogP contribution in [0.4, 0.5) is 22.7 Å². The van der Waals surface area contributed by atoms with Gasteiger partial charge in [-0.1, -0.05) is 6.07 Å². The summed E-state index contributed by atoms with van der Waals surface area (Å²) in [5.41, 5.74) is 6.99. The number of aromatic nitrogens is 4. The topological polar surface area (TPSA) is 237 Å². The largest absolute Gasteiger partial charge is 0.388 e. The fraction of sp³-hybridized carbons (Fsp3) is 0.172. The fourth-order valence-electron chi connectivity index (χ4n) is 4.73. The number of para-hydroxylation sites is 1. The number of carbonyl (C=O) groups excluding carboxylic acids is 4. The highest BCUT2D eigenvalue weighted by Crippen LogP contribution is 2.30. The Bertz CT molecular complexity index is 2100. The Balaban J connectivity index is 0.00000325. The van der Waals surface area contributed by atoms with Crippen molar-refractivity contribution < 1.29 is 24.1 Å². The second kappa shape index (κ2) is 15.5. The van der Waals surface area contributed by atoms with E-state index in [1.807, 2.05) is 0 Å². The van der Waals surface area contributed by atoms with Crippen LogP contribution in [0, 0.1) is 15.5 Å². The summed E-state index contributed by atoms with van der Waals surface area (Å²) in [5.74, 6) is -2.00. The second-order valence-corrected chi connectivity index (χ2v) is 11.5. The lowest BCUT2D eigenvalue weighted by Gasteiger charge is -2.04. The average Bonchev–Trinajstić information content (AvgIpc) is 3.77. The van der Waals surface area contributed by atoms with Crippen LogP contribution in [0.25, 0.3) is 10.2 Å². The lowest BCUT2D eigenvalue weighted by atomic mass is 10.3. The van der Waals surface area contributed by atoms with Crippen molar-refractivity contribution in [3.05, 3.63) is 87.2 Å². The molecule has 0 fully saturated rings. The number of amides is 4. The number of nitrogens with zero attached hydrogens (tertiary/aromatic N) is 5. The van der Waals surface area contributed by atoms with Crippen molar-refractivity contribution in [2.75, 3.05) is 22.5 Å². The number of aryl methyl sites for hydroxylation is 3. The van der Waals surface area contributed by atoms with Crippen molar-refractivity contribution in [3.63, 3.8) is 0 Å². The molecule has 0 aliphatic carbocycles. The SMILES string of the molecule is Cl.Cl.Cn1cc(NC(=O)c2cc(NC(=O)c3cc(NC(=O)c4nc5c([N+](=O)[O-])cccc5s4)cn3C)cn2C)cc1C(=O)NCCC(=N)N. The summed E-state index contributed by atoms with van der Waals surface area (Å²) in [6, 6.07) is 8.94. The highest BCUT2D eigenvalue weighted by atomic mass is 35.5. The van der Waals surface area contributed by atoms with Crippen LogP contribution in [-0.2, 0) is 21.1 Å². The van der Waals surface area contributed by atoms with E-state index in [2.05, 4.69) is 26.3 Å². The number of anilines is 3. The minimum Gasteiger partial charge on any atom is -0.388 e. The normalized spacial score (nSPS) is 10.4. The number of amidine groups is 1. The van der Waals surface area contributed by atoms with Crippen LogP contribution in [0.1, 0.15) is 47.7 Å². The van der Waals surface area contributed by atoms with Gasteiger partial charge in [0.2, 0.25) is 0 Å². The zero-order valence-electron chi connectivity index (χ0n) is 26.1. The van der Waals surface area contributed by atoms with Gasteiger partial charge in [-0.05, 0) is 24.3 Å². The van der Waals surface area contributed by atoms with Crippen LogP contribution in [0.15, 0.2) is 55.0 Å². The first-order valence-corrected chi connectivity index (χ1v) is 14.7. The lowest BCUT2D eigenvalue weighted by molar-refractivity contribution is -0.383. The number of halogens is 2. The van der Waals surface area contributed by atoms with Gasteiger partial charge < -0.3 is 40.7 Å². The van der Waals surface area contributed by atoms with E-state index in [0.29, 0.717) is 27.5 Å². The standard InChI is InChI=1S/C29H29N11O6S.2ClH/c1-37-12-15(9-19(37)25(41)32-8-7-23(30)31)33-26(42)20-10-16(13-38(20)2)34-27(43)21-11-17(14-39(21)3)35-28(44)29-36-24-18(40(45)46)5-4-6-22(24)47-29;;/h4-6,9-14H,7-8H2,1-3H3,(H3,30,31)(H,32,41)(H,33,42)(H,34,43)(H,35,44);2*1H. The molecule has 0 atom stereocenters. The van der Waals surface area contributed by atoms with Gasteiger partial charge in [0.1, 0.15) is 17.1 Å². The lowest BCUT2D eigenvalue weighted by Crippen LogP contribution is -2.28. The number of rotatable bonds is 11. The maximum absolute atomic E-state index is 13.1. The highest BCUT2D eigenvalue weighted by Gasteiger charge is 2.22. The molecule has 0 radical (unpaired) electrons. The Hall–Kier alpha value is -5.72. The summed E-state index contributed by atoms with van der Waals surface area (Å²) in [6.45, 7) is 0.205. The molecule has 0 spiro atoms. The number of benzene rings is 1. The summed E-state index contributed by atoms with van der Waals surface area (Å²) in [4.78, 5) is 66.4. The fourth-order valence-corrected chi connectivity index (χ4v) is 5.61. The molecule has 4 amide bonds. The summed E-state index contributed by atoms with van der Waals surface area (Å²) in [7, 11) is 4.91. The van der Waals surface area contributed by atoms with E-state index in [4.69, 9.17) is 11.1 Å². The number of hydrogen-bond acceptors (Lipinski definition) is 9. The van der Waals surface area contributed by atoms with Crippen LogP contribution >= 0.6 is 36.2 Å². The Kier molecular flexibility index (Phi) is 11.9. The van der Waals surface area contributed by atoms with Crippen LogP contribution in [0.5, 0.6) is 0 Å². The van der Waals surface area contributed by atoms with Crippen LogP contribution in [0.2, 0.25) is 0 Å². The minimum atomic E-state index is -0.587. The molecule has 0 unspecified atom stereocenters. The summed E-state index contributed by atoms with van der Waals surface area (Å²) >= 11 is 1.01. The van der Waals surface area contributed by atoms with Gasteiger partial charge in [0.05, 0.1) is 32.5 Å². The van der Waals surface area contributed by atoms with Crippen molar-refractivity contribution >= 4 is 98.6 Å².